The number of thiophene rings is 1. The van der Waals surface area contributed by atoms with Gasteiger partial charge in [0.05, 0.1) is 16.7 Å². The molecule has 8 heteroatoms. The summed E-state index contributed by atoms with van der Waals surface area (Å²) in [5.41, 5.74) is 3.20. The highest BCUT2D eigenvalue weighted by molar-refractivity contribution is 7.16. The van der Waals surface area contributed by atoms with E-state index in [0.29, 0.717) is 22.6 Å². The van der Waals surface area contributed by atoms with E-state index in [0.717, 1.165) is 54.7 Å². The summed E-state index contributed by atoms with van der Waals surface area (Å²) < 4.78 is 5.92. The van der Waals surface area contributed by atoms with Crippen LogP contribution in [0.3, 0.4) is 0 Å². The molecular formula is C27H29N3O4S. The number of aryl methyl sites for hydroxylation is 2. The molecule has 0 bridgehead atoms. The quantitative estimate of drug-likeness (QED) is 0.230. The van der Waals surface area contributed by atoms with Crippen molar-refractivity contribution >= 4 is 34.1 Å². The summed E-state index contributed by atoms with van der Waals surface area (Å²) in [6, 6.07) is 8.88. The topological polar surface area (TPSA) is 97.7 Å². The van der Waals surface area contributed by atoms with Crippen molar-refractivity contribution in [1.82, 2.24) is 5.32 Å². The number of nitro groups is 1. The van der Waals surface area contributed by atoms with E-state index in [9.17, 15) is 14.9 Å². The maximum Gasteiger partial charge on any atom is 0.273 e. The third kappa shape index (κ3) is 5.07. The lowest BCUT2D eigenvalue weighted by Crippen LogP contribution is -2.36. The lowest BCUT2D eigenvalue weighted by molar-refractivity contribution is -0.385. The van der Waals surface area contributed by atoms with E-state index in [1.54, 1.807) is 42.7 Å². The molecule has 0 aliphatic heterocycles. The second-order valence-electron chi connectivity index (χ2n) is 9.42. The van der Waals surface area contributed by atoms with Crippen molar-refractivity contribution in [2.75, 3.05) is 0 Å². The highest BCUT2D eigenvalue weighted by atomic mass is 32.1. The van der Waals surface area contributed by atoms with Crippen LogP contribution in [0.5, 0.6) is 0 Å². The number of nitro benzene ring substituents is 1. The number of aliphatic imine (C=N–C) groups is 1. The van der Waals surface area contributed by atoms with Crippen LogP contribution in [-0.2, 0) is 12.8 Å². The predicted octanol–water partition coefficient (Wildman–Crippen LogP) is 6.92. The van der Waals surface area contributed by atoms with Crippen molar-refractivity contribution in [3.63, 3.8) is 0 Å². The summed E-state index contributed by atoms with van der Waals surface area (Å²) in [5.74, 6) is 1.07. The van der Waals surface area contributed by atoms with Crippen molar-refractivity contribution in [1.29, 1.82) is 0 Å². The van der Waals surface area contributed by atoms with E-state index < -0.39 is 0 Å². The Labute approximate surface area is 208 Å². The molecule has 3 aromatic rings. The minimum Gasteiger partial charge on any atom is -0.455 e. The van der Waals surface area contributed by atoms with Crippen LogP contribution < -0.4 is 5.32 Å². The zero-order valence-corrected chi connectivity index (χ0v) is 20.7. The van der Waals surface area contributed by atoms with Gasteiger partial charge in [0, 0.05) is 28.1 Å². The molecular weight excluding hydrogens is 462 g/mol. The number of nitrogens with one attached hydrogen (secondary N) is 1. The molecule has 0 saturated heterocycles. The second kappa shape index (κ2) is 10.2. The van der Waals surface area contributed by atoms with E-state index in [1.165, 1.54) is 30.2 Å². The van der Waals surface area contributed by atoms with Crippen LogP contribution in [-0.4, -0.2) is 23.1 Å². The normalized spacial score (nSPS) is 16.4. The molecule has 1 aromatic carbocycles. The van der Waals surface area contributed by atoms with Gasteiger partial charge in [0.15, 0.2) is 0 Å². The van der Waals surface area contributed by atoms with Gasteiger partial charge in [0.1, 0.15) is 16.5 Å². The van der Waals surface area contributed by atoms with Gasteiger partial charge < -0.3 is 9.73 Å². The lowest BCUT2D eigenvalue weighted by atomic mass is 9.93. The first-order valence-electron chi connectivity index (χ1n) is 12.3. The summed E-state index contributed by atoms with van der Waals surface area (Å²) in [6.45, 7) is 1.71. The Bertz CT molecular complexity index is 1280. The van der Waals surface area contributed by atoms with Crippen LogP contribution in [0.4, 0.5) is 10.7 Å². The number of furan rings is 1. The van der Waals surface area contributed by atoms with Crippen LogP contribution in [0, 0.1) is 17.0 Å². The summed E-state index contributed by atoms with van der Waals surface area (Å²) in [5, 5.41) is 15.3. The smallest absolute Gasteiger partial charge is 0.273 e. The number of amides is 1. The molecule has 0 radical (unpaired) electrons. The molecule has 1 N–H and O–H groups in total. The monoisotopic (exact) mass is 491 g/mol. The van der Waals surface area contributed by atoms with Crippen molar-refractivity contribution in [3.05, 3.63) is 67.8 Å². The van der Waals surface area contributed by atoms with Gasteiger partial charge in [-0.3, -0.25) is 14.9 Å². The highest BCUT2D eigenvalue weighted by Crippen LogP contribution is 2.40. The Hall–Kier alpha value is -3.26. The molecule has 2 heterocycles. The third-order valence-electron chi connectivity index (χ3n) is 6.95. The maximum atomic E-state index is 13.3. The van der Waals surface area contributed by atoms with Gasteiger partial charge in [0.25, 0.3) is 11.6 Å². The van der Waals surface area contributed by atoms with E-state index >= 15 is 0 Å². The molecule has 7 nitrogen and oxygen atoms in total. The first-order valence-corrected chi connectivity index (χ1v) is 13.2. The molecule has 0 atom stereocenters. The van der Waals surface area contributed by atoms with Gasteiger partial charge in [-0.2, -0.15) is 0 Å². The number of hydrogen-bond donors (Lipinski definition) is 1. The number of carbonyl (C=O) groups is 1. The molecule has 1 saturated carbocycles. The fraction of sp³-hybridized carbons (Fsp3) is 0.407. The molecule has 2 aliphatic carbocycles. The molecule has 0 unspecified atom stereocenters. The largest absolute Gasteiger partial charge is 0.455 e. The average Bonchev–Trinajstić information content (AvgIpc) is 3.48. The van der Waals surface area contributed by atoms with Crippen LogP contribution in [0.2, 0.25) is 0 Å². The van der Waals surface area contributed by atoms with Crippen molar-refractivity contribution < 1.29 is 14.1 Å². The van der Waals surface area contributed by atoms with Crippen LogP contribution >= 0.6 is 11.3 Å². The fourth-order valence-corrected chi connectivity index (χ4v) is 6.27. The van der Waals surface area contributed by atoms with E-state index in [1.807, 2.05) is 6.07 Å². The van der Waals surface area contributed by atoms with Gasteiger partial charge in [-0.05, 0) is 63.1 Å². The average molecular weight is 492 g/mol. The molecule has 1 amide bonds. The van der Waals surface area contributed by atoms with Crippen LogP contribution in [0.15, 0.2) is 39.7 Å². The standard InChI is InChI=1S/C27H29N3O4S/c1-17-11-12-18(15-22(17)30(32)33)23-14-13-20(34-23)16-28-27-25(21-9-5-6-10-24(21)35-27)26(31)29-19-7-3-2-4-8-19/h11-16,19H,2-10H2,1H3,(H,29,31). The van der Waals surface area contributed by atoms with Crippen LogP contribution in [0.1, 0.15) is 77.1 Å². The van der Waals surface area contributed by atoms with Crippen molar-refractivity contribution in [2.45, 2.75) is 70.8 Å². The minimum absolute atomic E-state index is 0.00412. The Morgan fingerprint density at radius 3 is 2.74 bits per heavy atom. The second-order valence-corrected chi connectivity index (χ2v) is 10.5. The Morgan fingerprint density at radius 2 is 1.94 bits per heavy atom. The molecule has 35 heavy (non-hydrogen) atoms. The molecule has 1 fully saturated rings. The fourth-order valence-electron chi connectivity index (χ4n) is 5.04. The Balaban J connectivity index is 1.40. The summed E-state index contributed by atoms with van der Waals surface area (Å²) in [7, 11) is 0. The van der Waals surface area contributed by atoms with E-state index in [4.69, 9.17) is 9.41 Å². The van der Waals surface area contributed by atoms with Gasteiger partial charge in [-0.15, -0.1) is 11.3 Å². The van der Waals surface area contributed by atoms with Gasteiger partial charge >= 0.3 is 0 Å². The summed E-state index contributed by atoms with van der Waals surface area (Å²) in [6.07, 6.45) is 11.5. The Kier molecular flexibility index (Phi) is 6.81. The highest BCUT2D eigenvalue weighted by Gasteiger charge is 2.27. The summed E-state index contributed by atoms with van der Waals surface area (Å²) in [4.78, 5) is 30.2. The maximum absolute atomic E-state index is 13.3. The zero-order valence-electron chi connectivity index (χ0n) is 19.8. The predicted molar refractivity (Wildman–Crippen MR) is 138 cm³/mol. The first kappa shape index (κ1) is 23.5. The van der Waals surface area contributed by atoms with Crippen molar-refractivity contribution in [2.24, 2.45) is 4.99 Å². The number of nitrogens with zero attached hydrogens (tertiary/aromatic N) is 2. The van der Waals surface area contributed by atoms with E-state index in [-0.39, 0.29) is 22.6 Å². The minimum atomic E-state index is -0.386. The third-order valence-corrected chi connectivity index (χ3v) is 8.15. The number of rotatable bonds is 6. The van der Waals surface area contributed by atoms with E-state index in [2.05, 4.69) is 5.32 Å². The van der Waals surface area contributed by atoms with Gasteiger partial charge in [-0.25, -0.2) is 4.99 Å². The molecule has 5 rings (SSSR count). The number of fused-ring (bicyclic) bond motifs is 1. The number of carbonyl (C=O) groups excluding carboxylic acids is 1. The number of hydrogen-bond acceptors (Lipinski definition) is 6. The van der Waals surface area contributed by atoms with Crippen LogP contribution in [0.25, 0.3) is 11.3 Å². The Morgan fingerprint density at radius 1 is 1.14 bits per heavy atom. The summed E-state index contributed by atoms with van der Waals surface area (Å²) >= 11 is 1.61. The zero-order chi connectivity index (χ0) is 24.4. The molecule has 0 spiro atoms. The molecule has 182 valence electrons. The van der Waals surface area contributed by atoms with Gasteiger partial charge in [-0.1, -0.05) is 31.4 Å². The number of benzene rings is 1. The first-order chi connectivity index (χ1) is 17.0. The molecule has 2 aromatic heterocycles. The van der Waals surface area contributed by atoms with Crippen molar-refractivity contribution in [3.8, 4) is 11.3 Å². The lowest BCUT2D eigenvalue weighted by Gasteiger charge is -2.23. The molecule has 2 aliphatic rings. The SMILES string of the molecule is Cc1ccc(-c2ccc(C=Nc3sc4c(c3C(=O)NC3CCCCC3)CCCC4)o2)cc1[N+](=O)[O-]. The van der Waals surface area contributed by atoms with Gasteiger partial charge in [0.2, 0.25) is 0 Å².